The molecule has 0 fully saturated rings. The molecular formula is C12H14Cl2N2-2. The first-order valence-corrected chi connectivity index (χ1v) is 4.83. The summed E-state index contributed by atoms with van der Waals surface area (Å²) in [6, 6.07) is 14.6. The lowest BCUT2D eigenvalue weighted by Gasteiger charge is -2.08. The summed E-state index contributed by atoms with van der Waals surface area (Å²) in [5, 5.41) is 5.82. The number of hydrogen-bond donors (Lipinski definition) is 2. The zero-order chi connectivity index (χ0) is 9.80. The van der Waals surface area contributed by atoms with Gasteiger partial charge in [-0.3, -0.25) is 0 Å². The molecule has 2 rings (SSSR count). The van der Waals surface area contributed by atoms with Gasteiger partial charge in [-0.15, -0.1) is 0 Å². The number of rotatable bonds is 3. The van der Waals surface area contributed by atoms with Crippen LogP contribution >= 0.6 is 0 Å². The molecule has 16 heavy (non-hydrogen) atoms. The molecule has 0 aliphatic heterocycles. The molecule has 0 saturated heterocycles. The topological polar surface area (TPSA) is 38.0 Å². The van der Waals surface area contributed by atoms with Crippen molar-refractivity contribution in [1.82, 2.24) is 0 Å². The first-order valence-electron chi connectivity index (χ1n) is 4.83. The smallest absolute Gasteiger partial charge is 0.0420 e. The Labute approximate surface area is 108 Å². The molecule has 0 saturated carbocycles. The van der Waals surface area contributed by atoms with E-state index in [0.29, 0.717) is 6.54 Å². The third kappa shape index (κ3) is 3.27. The minimum absolute atomic E-state index is 0. The summed E-state index contributed by atoms with van der Waals surface area (Å²) < 4.78 is 0. The van der Waals surface area contributed by atoms with Crippen molar-refractivity contribution in [1.29, 1.82) is 0 Å². The van der Waals surface area contributed by atoms with Crippen LogP contribution in [0, 0.1) is 0 Å². The first kappa shape index (κ1) is 15.0. The van der Waals surface area contributed by atoms with Gasteiger partial charge in [-0.25, -0.2) is 0 Å². The summed E-state index contributed by atoms with van der Waals surface area (Å²) in [4.78, 5) is 0. The molecule has 3 N–H and O–H groups in total. The van der Waals surface area contributed by atoms with Crippen molar-refractivity contribution in [3.63, 3.8) is 0 Å². The molecule has 88 valence electrons. The fraction of sp³-hybridized carbons (Fsp3) is 0.167. The molecule has 0 atom stereocenters. The normalized spacial score (nSPS) is 9.06. The molecule has 0 spiro atoms. The maximum atomic E-state index is 5.46. The highest BCUT2D eigenvalue weighted by Crippen LogP contribution is 2.22. The molecule has 0 amide bonds. The van der Waals surface area contributed by atoms with Crippen LogP contribution in [0.4, 0.5) is 5.69 Å². The van der Waals surface area contributed by atoms with E-state index in [-0.39, 0.29) is 24.8 Å². The molecule has 4 heteroatoms. The highest BCUT2D eigenvalue weighted by Gasteiger charge is 1.97. The third-order valence-corrected chi connectivity index (χ3v) is 2.25. The predicted octanol–water partition coefficient (Wildman–Crippen LogP) is -3.78. The second-order valence-electron chi connectivity index (χ2n) is 3.24. The lowest BCUT2D eigenvalue weighted by atomic mass is 10.1. The van der Waals surface area contributed by atoms with Crippen molar-refractivity contribution < 1.29 is 24.8 Å². The molecule has 0 bridgehead atoms. The molecule has 2 nitrogen and oxygen atoms in total. The molecule has 0 unspecified atom stereocenters. The third-order valence-electron chi connectivity index (χ3n) is 2.25. The number of nitrogens with one attached hydrogen (secondary N) is 1. The lowest BCUT2D eigenvalue weighted by Crippen LogP contribution is -3.00. The Bertz CT molecular complexity index is 427. The van der Waals surface area contributed by atoms with Crippen LogP contribution in [-0.4, -0.2) is 13.1 Å². The van der Waals surface area contributed by atoms with Crippen molar-refractivity contribution >= 4 is 16.5 Å². The maximum Gasteiger partial charge on any atom is 0.0420 e. The van der Waals surface area contributed by atoms with E-state index in [1.165, 1.54) is 10.8 Å². The standard InChI is InChI=1S/C12H14N2.2ClH/c13-8-9-14-12-7-3-5-10-4-1-2-6-11(10)12;;/h1-7,14H,8-9,13H2;2*1H/p-2. The second kappa shape index (κ2) is 7.34. The van der Waals surface area contributed by atoms with Gasteiger partial charge in [0, 0.05) is 24.2 Å². The molecule has 0 aliphatic rings. The summed E-state index contributed by atoms with van der Waals surface area (Å²) in [6.07, 6.45) is 0. The van der Waals surface area contributed by atoms with Gasteiger partial charge in [0.05, 0.1) is 0 Å². The molecular weight excluding hydrogens is 243 g/mol. The molecule has 2 aromatic carbocycles. The van der Waals surface area contributed by atoms with Crippen molar-refractivity contribution in [2.75, 3.05) is 18.4 Å². The minimum Gasteiger partial charge on any atom is -1.00 e. The molecule has 2 aromatic rings. The van der Waals surface area contributed by atoms with Gasteiger partial charge in [0.1, 0.15) is 0 Å². The van der Waals surface area contributed by atoms with Crippen LogP contribution < -0.4 is 35.9 Å². The minimum atomic E-state index is 0. The zero-order valence-corrected chi connectivity index (χ0v) is 10.3. The van der Waals surface area contributed by atoms with E-state index >= 15 is 0 Å². The van der Waals surface area contributed by atoms with Crippen LogP contribution in [0.15, 0.2) is 42.5 Å². The fourth-order valence-electron chi connectivity index (χ4n) is 1.59. The molecule has 0 aliphatic carbocycles. The van der Waals surface area contributed by atoms with Crippen molar-refractivity contribution in [2.45, 2.75) is 0 Å². The van der Waals surface area contributed by atoms with Crippen LogP contribution in [0.2, 0.25) is 0 Å². The average molecular weight is 257 g/mol. The summed E-state index contributed by atoms with van der Waals surface area (Å²) in [7, 11) is 0. The summed E-state index contributed by atoms with van der Waals surface area (Å²) in [6.45, 7) is 1.47. The summed E-state index contributed by atoms with van der Waals surface area (Å²) in [5.41, 5.74) is 6.62. The summed E-state index contributed by atoms with van der Waals surface area (Å²) in [5.74, 6) is 0. The van der Waals surface area contributed by atoms with Crippen LogP contribution in [0.25, 0.3) is 10.8 Å². The van der Waals surface area contributed by atoms with Gasteiger partial charge in [-0.2, -0.15) is 0 Å². The van der Waals surface area contributed by atoms with E-state index < -0.39 is 0 Å². The largest absolute Gasteiger partial charge is 1.00 e. The Morgan fingerprint density at radius 1 is 0.938 bits per heavy atom. The van der Waals surface area contributed by atoms with E-state index in [0.717, 1.165) is 12.2 Å². The van der Waals surface area contributed by atoms with Crippen molar-refractivity contribution in [3.8, 4) is 0 Å². The highest BCUT2D eigenvalue weighted by atomic mass is 35.5. The van der Waals surface area contributed by atoms with Gasteiger partial charge in [0.2, 0.25) is 0 Å². The first-order chi connectivity index (χ1) is 6.92. The SMILES string of the molecule is NCCNc1cccc2ccccc12.[Cl-].[Cl-]. The van der Waals surface area contributed by atoms with Crippen LogP contribution in [0.1, 0.15) is 0 Å². The number of halogens is 2. The Balaban J connectivity index is 0.00000112. The number of nitrogens with two attached hydrogens (primary N) is 1. The summed E-state index contributed by atoms with van der Waals surface area (Å²) >= 11 is 0. The quantitative estimate of drug-likeness (QED) is 0.592. The Morgan fingerprint density at radius 3 is 2.38 bits per heavy atom. The molecule has 0 aromatic heterocycles. The average Bonchev–Trinajstić information content (AvgIpc) is 2.26. The lowest BCUT2D eigenvalue weighted by molar-refractivity contribution is -0.001000. The number of anilines is 1. The molecule has 0 heterocycles. The maximum absolute atomic E-state index is 5.46. The molecule has 0 radical (unpaired) electrons. The predicted molar refractivity (Wildman–Crippen MR) is 61.5 cm³/mol. The van der Waals surface area contributed by atoms with Gasteiger partial charge in [0.25, 0.3) is 0 Å². The van der Waals surface area contributed by atoms with E-state index in [1.54, 1.807) is 0 Å². The van der Waals surface area contributed by atoms with Gasteiger partial charge < -0.3 is 35.9 Å². The number of fused-ring (bicyclic) bond motifs is 1. The van der Waals surface area contributed by atoms with Crippen molar-refractivity contribution in [2.24, 2.45) is 5.73 Å². The monoisotopic (exact) mass is 256 g/mol. The number of benzene rings is 2. The second-order valence-corrected chi connectivity index (χ2v) is 3.24. The fourth-order valence-corrected chi connectivity index (χ4v) is 1.59. The van der Waals surface area contributed by atoms with Gasteiger partial charge in [0.15, 0.2) is 0 Å². The van der Waals surface area contributed by atoms with Gasteiger partial charge in [-0.05, 0) is 11.5 Å². The highest BCUT2D eigenvalue weighted by molar-refractivity contribution is 5.93. The van der Waals surface area contributed by atoms with Crippen LogP contribution in [0.3, 0.4) is 0 Å². The Kier molecular flexibility index (Phi) is 6.90. The van der Waals surface area contributed by atoms with Crippen LogP contribution in [0.5, 0.6) is 0 Å². The van der Waals surface area contributed by atoms with Gasteiger partial charge >= 0.3 is 0 Å². The van der Waals surface area contributed by atoms with E-state index in [2.05, 4.69) is 47.8 Å². The van der Waals surface area contributed by atoms with Crippen LogP contribution in [-0.2, 0) is 0 Å². The number of hydrogen-bond acceptors (Lipinski definition) is 2. The van der Waals surface area contributed by atoms with Crippen molar-refractivity contribution in [3.05, 3.63) is 42.5 Å². The Morgan fingerprint density at radius 2 is 1.62 bits per heavy atom. The van der Waals surface area contributed by atoms with Gasteiger partial charge in [-0.1, -0.05) is 36.4 Å². The van der Waals surface area contributed by atoms with E-state index in [4.69, 9.17) is 5.73 Å². The Hall–Kier alpha value is -0.960. The van der Waals surface area contributed by atoms with E-state index in [1.807, 2.05) is 0 Å². The zero-order valence-electron chi connectivity index (χ0n) is 8.79. The van der Waals surface area contributed by atoms with E-state index in [9.17, 15) is 0 Å².